The van der Waals surface area contributed by atoms with Crippen molar-refractivity contribution in [2.45, 2.75) is 52.6 Å². The molecule has 0 spiro atoms. The number of ether oxygens (including phenoxy) is 1. The van der Waals surface area contributed by atoms with Crippen LogP contribution in [0, 0.1) is 13.8 Å². The number of aromatic nitrogens is 2. The molecule has 6 heteroatoms. The Morgan fingerprint density at radius 2 is 1.96 bits per heavy atom. The van der Waals surface area contributed by atoms with Crippen molar-refractivity contribution in [3.63, 3.8) is 0 Å². The Bertz CT molecular complexity index is 792. The summed E-state index contributed by atoms with van der Waals surface area (Å²) in [6.07, 6.45) is 1.81. The minimum atomic E-state index is -0.0235. The molecule has 1 aliphatic rings. The predicted octanol–water partition coefficient (Wildman–Crippen LogP) is 4.60. The molecule has 0 radical (unpaired) electrons. The minimum absolute atomic E-state index is 0.0235. The van der Waals surface area contributed by atoms with E-state index in [0.29, 0.717) is 18.8 Å². The molecule has 1 N–H and O–H groups in total. The van der Waals surface area contributed by atoms with E-state index in [1.54, 1.807) is 0 Å². The number of piperidine rings is 1. The van der Waals surface area contributed by atoms with Crippen LogP contribution in [0.4, 0.5) is 0 Å². The first-order valence-corrected chi connectivity index (χ1v) is 9.93. The zero-order valence-electron chi connectivity index (χ0n) is 15.8. The maximum atomic E-state index is 12.8. The third kappa shape index (κ3) is 3.95. The van der Waals surface area contributed by atoms with E-state index < -0.39 is 0 Å². The van der Waals surface area contributed by atoms with Crippen molar-refractivity contribution in [1.29, 1.82) is 0 Å². The van der Waals surface area contributed by atoms with Gasteiger partial charge < -0.3 is 9.64 Å². The Morgan fingerprint density at radius 3 is 2.54 bits per heavy atom. The van der Waals surface area contributed by atoms with Crippen LogP contribution in [-0.2, 0) is 0 Å². The molecular formula is C20H26BrN3O2. The molecule has 1 aromatic heterocycles. The summed E-state index contributed by atoms with van der Waals surface area (Å²) >= 11 is 3.52. The summed E-state index contributed by atoms with van der Waals surface area (Å²) in [5.74, 6) is 1.18. The summed E-state index contributed by atoms with van der Waals surface area (Å²) in [5.41, 5.74) is 3.94. The Kier molecular flexibility index (Phi) is 5.70. The van der Waals surface area contributed by atoms with Gasteiger partial charge in [-0.3, -0.25) is 9.89 Å². The van der Waals surface area contributed by atoms with Gasteiger partial charge in [0.25, 0.3) is 5.91 Å². The fourth-order valence-electron chi connectivity index (χ4n) is 3.17. The highest BCUT2D eigenvalue weighted by Crippen LogP contribution is 2.28. The summed E-state index contributed by atoms with van der Waals surface area (Å²) < 4.78 is 6.90. The number of hydrogen-bond donors (Lipinski definition) is 1. The molecule has 3 rings (SSSR count). The molecule has 1 aromatic carbocycles. The zero-order chi connectivity index (χ0) is 18.8. The van der Waals surface area contributed by atoms with Gasteiger partial charge in [0, 0.05) is 25.9 Å². The number of hydrogen-bond acceptors (Lipinski definition) is 3. The van der Waals surface area contributed by atoms with Crippen molar-refractivity contribution >= 4 is 21.8 Å². The molecule has 26 heavy (non-hydrogen) atoms. The van der Waals surface area contributed by atoms with Gasteiger partial charge in [-0.2, -0.15) is 5.10 Å². The Labute approximate surface area is 163 Å². The van der Waals surface area contributed by atoms with Crippen LogP contribution in [0.1, 0.15) is 59.9 Å². The van der Waals surface area contributed by atoms with Gasteiger partial charge >= 0.3 is 0 Å². The SMILES string of the molecule is Cc1ccc(OC2CCN(C(=O)c3n[nH]c(C(C)C)c3Br)CC2)cc1C. The molecule has 1 saturated heterocycles. The summed E-state index contributed by atoms with van der Waals surface area (Å²) in [4.78, 5) is 14.6. The zero-order valence-corrected chi connectivity index (χ0v) is 17.4. The normalized spacial score (nSPS) is 15.5. The molecule has 0 bridgehead atoms. The molecule has 1 fully saturated rings. The van der Waals surface area contributed by atoms with Crippen LogP contribution in [0.5, 0.6) is 5.75 Å². The molecule has 0 saturated carbocycles. The number of halogens is 1. The summed E-state index contributed by atoms with van der Waals surface area (Å²) in [5, 5.41) is 7.20. The van der Waals surface area contributed by atoms with Crippen LogP contribution in [-0.4, -0.2) is 40.2 Å². The quantitative estimate of drug-likeness (QED) is 0.787. The lowest BCUT2D eigenvalue weighted by molar-refractivity contribution is 0.0589. The van der Waals surface area contributed by atoms with Crippen molar-refractivity contribution in [1.82, 2.24) is 15.1 Å². The van der Waals surface area contributed by atoms with E-state index in [2.05, 4.69) is 66.0 Å². The van der Waals surface area contributed by atoms with Crippen molar-refractivity contribution in [2.75, 3.05) is 13.1 Å². The van der Waals surface area contributed by atoms with Gasteiger partial charge in [-0.25, -0.2) is 0 Å². The molecule has 5 nitrogen and oxygen atoms in total. The van der Waals surface area contributed by atoms with Crippen LogP contribution in [0.15, 0.2) is 22.7 Å². The summed E-state index contributed by atoms with van der Waals surface area (Å²) in [7, 11) is 0. The first kappa shape index (κ1) is 19.0. The topological polar surface area (TPSA) is 58.2 Å². The van der Waals surface area contributed by atoms with E-state index in [1.165, 1.54) is 11.1 Å². The molecule has 140 valence electrons. The third-order valence-electron chi connectivity index (χ3n) is 5.02. The van der Waals surface area contributed by atoms with Crippen molar-refractivity contribution in [3.05, 3.63) is 45.2 Å². The van der Waals surface area contributed by atoms with Gasteiger partial charge in [0.1, 0.15) is 11.9 Å². The van der Waals surface area contributed by atoms with E-state index in [-0.39, 0.29) is 17.9 Å². The number of carbonyl (C=O) groups is 1. The smallest absolute Gasteiger partial charge is 0.275 e. The van der Waals surface area contributed by atoms with Crippen LogP contribution in [0.2, 0.25) is 0 Å². The fourth-order valence-corrected chi connectivity index (χ4v) is 3.98. The van der Waals surface area contributed by atoms with Gasteiger partial charge in [-0.15, -0.1) is 0 Å². The lowest BCUT2D eigenvalue weighted by Gasteiger charge is -2.32. The van der Waals surface area contributed by atoms with Crippen molar-refractivity contribution in [3.8, 4) is 5.75 Å². The second-order valence-electron chi connectivity index (χ2n) is 7.31. The van der Waals surface area contributed by atoms with Gasteiger partial charge in [0.2, 0.25) is 0 Å². The predicted molar refractivity (Wildman–Crippen MR) is 106 cm³/mol. The molecular weight excluding hydrogens is 394 g/mol. The molecule has 0 unspecified atom stereocenters. The highest BCUT2D eigenvalue weighted by molar-refractivity contribution is 9.10. The largest absolute Gasteiger partial charge is 0.490 e. The molecule has 1 amide bonds. The first-order valence-electron chi connectivity index (χ1n) is 9.13. The van der Waals surface area contributed by atoms with Crippen molar-refractivity contribution in [2.24, 2.45) is 0 Å². The Morgan fingerprint density at radius 1 is 1.27 bits per heavy atom. The number of rotatable bonds is 4. The average Bonchev–Trinajstić information content (AvgIpc) is 3.00. The second kappa shape index (κ2) is 7.82. The number of nitrogens with zero attached hydrogens (tertiary/aromatic N) is 2. The first-order chi connectivity index (χ1) is 12.4. The van der Waals surface area contributed by atoms with E-state index in [1.807, 2.05) is 11.0 Å². The molecule has 2 heterocycles. The van der Waals surface area contributed by atoms with E-state index in [0.717, 1.165) is 28.8 Å². The number of carbonyl (C=O) groups excluding carboxylic acids is 1. The van der Waals surface area contributed by atoms with E-state index >= 15 is 0 Å². The maximum absolute atomic E-state index is 12.8. The van der Waals surface area contributed by atoms with Crippen LogP contribution in [0.25, 0.3) is 0 Å². The number of benzene rings is 1. The lowest BCUT2D eigenvalue weighted by Crippen LogP contribution is -2.42. The lowest BCUT2D eigenvalue weighted by atomic mass is 10.1. The number of aromatic amines is 1. The number of nitrogens with one attached hydrogen (secondary N) is 1. The van der Waals surface area contributed by atoms with E-state index in [9.17, 15) is 4.79 Å². The second-order valence-corrected chi connectivity index (χ2v) is 8.10. The van der Waals surface area contributed by atoms with E-state index in [4.69, 9.17) is 4.74 Å². The summed E-state index contributed by atoms with van der Waals surface area (Å²) in [6, 6.07) is 6.19. The molecule has 0 aliphatic carbocycles. The fraction of sp³-hybridized carbons (Fsp3) is 0.500. The minimum Gasteiger partial charge on any atom is -0.490 e. The Hall–Kier alpha value is -1.82. The Balaban J connectivity index is 1.59. The number of H-pyrrole nitrogens is 1. The van der Waals surface area contributed by atoms with Crippen LogP contribution < -0.4 is 4.74 Å². The molecule has 0 atom stereocenters. The highest BCUT2D eigenvalue weighted by atomic mass is 79.9. The van der Waals surface area contributed by atoms with Crippen molar-refractivity contribution < 1.29 is 9.53 Å². The number of aryl methyl sites for hydroxylation is 2. The average molecular weight is 420 g/mol. The summed E-state index contributed by atoms with van der Waals surface area (Å²) in [6.45, 7) is 9.71. The molecule has 2 aromatic rings. The highest BCUT2D eigenvalue weighted by Gasteiger charge is 2.28. The number of amides is 1. The molecule has 1 aliphatic heterocycles. The third-order valence-corrected chi connectivity index (χ3v) is 5.83. The maximum Gasteiger partial charge on any atom is 0.275 e. The number of likely N-dealkylation sites (tertiary alicyclic amines) is 1. The van der Waals surface area contributed by atoms with Gasteiger partial charge in [-0.1, -0.05) is 19.9 Å². The van der Waals surface area contributed by atoms with Gasteiger partial charge in [0.05, 0.1) is 10.2 Å². The van der Waals surface area contributed by atoms with Gasteiger partial charge in [0.15, 0.2) is 5.69 Å². The monoisotopic (exact) mass is 419 g/mol. The van der Waals surface area contributed by atoms with Crippen LogP contribution >= 0.6 is 15.9 Å². The van der Waals surface area contributed by atoms with Crippen LogP contribution in [0.3, 0.4) is 0 Å². The standard InChI is InChI=1S/C20H26BrN3O2/c1-12(2)18-17(21)19(23-22-18)20(25)24-9-7-15(8-10-24)26-16-6-5-13(3)14(4)11-16/h5-6,11-12,15H,7-10H2,1-4H3,(H,22,23). The van der Waals surface area contributed by atoms with Gasteiger partial charge in [-0.05, 0) is 59.0 Å².